The number of fused-ring (bicyclic) bond motifs is 3. The van der Waals surface area contributed by atoms with Crippen LogP contribution in [0.1, 0.15) is 31.2 Å². The van der Waals surface area contributed by atoms with Gasteiger partial charge in [0.25, 0.3) is 5.19 Å². The number of nitrogens with zero attached hydrogens (tertiary/aromatic N) is 2. The molecular formula is C22H24FN3O3S2. The van der Waals surface area contributed by atoms with Gasteiger partial charge in [-0.3, -0.25) is 4.90 Å². The van der Waals surface area contributed by atoms with Crippen molar-refractivity contribution in [3.63, 3.8) is 0 Å². The van der Waals surface area contributed by atoms with Crippen LogP contribution in [0.25, 0.3) is 10.2 Å². The molecule has 3 aromatic rings. The van der Waals surface area contributed by atoms with E-state index in [9.17, 15) is 12.8 Å². The average Bonchev–Trinajstić information content (AvgIpc) is 3.18. The maximum absolute atomic E-state index is 13.4. The molecule has 1 aromatic heterocycles. The Labute approximate surface area is 185 Å². The SMILES string of the molecule is CS(=O)(=O)NC1C[C@H]2CC[C@H](C1)N2Cc1ccc(Oc2nc3cc(F)ccc3s2)cc1. The fourth-order valence-electron chi connectivity index (χ4n) is 4.83. The second kappa shape index (κ2) is 8.12. The van der Waals surface area contributed by atoms with Crippen LogP contribution < -0.4 is 9.46 Å². The summed E-state index contributed by atoms with van der Waals surface area (Å²) in [5.74, 6) is 0.390. The summed E-state index contributed by atoms with van der Waals surface area (Å²) >= 11 is 1.39. The van der Waals surface area contributed by atoms with Gasteiger partial charge in [0.15, 0.2) is 0 Å². The van der Waals surface area contributed by atoms with Gasteiger partial charge in [0.05, 0.1) is 16.5 Å². The lowest BCUT2D eigenvalue weighted by Gasteiger charge is -2.39. The van der Waals surface area contributed by atoms with E-state index in [-0.39, 0.29) is 11.9 Å². The van der Waals surface area contributed by atoms with Gasteiger partial charge in [-0.1, -0.05) is 23.5 Å². The van der Waals surface area contributed by atoms with Crippen LogP contribution in [0.4, 0.5) is 4.39 Å². The van der Waals surface area contributed by atoms with E-state index in [1.807, 2.05) is 12.1 Å². The highest BCUT2D eigenvalue weighted by Gasteiger charge is 2.41. The molecule has 0 spiro atoms. The largest absolute Gasteiger partial charge is 0.431 e. The normalized spacial score (nSPS) is 24.0. The van der Waals surface area contributed by atoms with Crippen molar-refractivity contribution in [2.75, 3.05) is 6.26 Å². The fourth-order valence-corrected chi connectivity index (χ4v) is 6.44. The third-order valence-electron chi connectivity index (χ3n) is 6.09. The van der Waals surface area contributed by atoms with Crippen LogP contribution in [0.15, 0.2) is 42.5 Å². The number of hydrogen-bond acceptors (Lipinski definition) is 6. The third kappa shape index (κ3) is 4.74. The summed E-state index contributed by atoms with van der Waals surface area (Å²) in [5.41, 5.74) is 1.80. The van der Waals surface area contributed by atoms with E-state index in [0.717, 1.165) is 36.9 Å². The number of piperidine rings is 1. The standard InChI is InChI=1S/C22H24FN3O3S2/c1-31(27,28)25-16-11-17-5-6-18(12-16)26(17)13-14-2-7-19(8-3-14)29-22-24-20-10-15(23)4-9-21(20)30-22/h2-4,7-10,16-18,25H,5-6,11-13H2,1H3/t17-,18-/m1/s1. The van der Waals surface area contributed by atoms with Crippen molar-refractivity contribution in [1.82, 2.24) is 14.6 Å². The molecule has 2 fully saturated rings. The Morgan fingerprint density at radius 3 is 2.55 bits per heavy atom. The van der Waals surface area contributed by atoms with Crippen molar-refractivity contribution in [2.45, 2.75) is 50.4 Å². The zero-order valence-corrected chi connectivity index (χ0v) is 18.8. The lowest BCUT2D eigenvalue weighted by Crippen LogP contribution is -2.49. The number of sulfonamides is 1. The predicted molar refractivity (Wildman–Crippen MR) is 119 cm³/mol. The molecule has 0 aliphatic carbocycles. The van der Waals surface area contributed by atoms with E-state index in [4.69, 9.17) is 4.74 Å². The molecule has 2 saturated heterocycles. The highest BCUT2D eigenvalue weighted by molar-refractivity contribution is 7.88. The van der Waals surface area contributed by atoms with Crippen molar-refractivity contribution in [2.24, 2.45) is 0 Å². The number of thiazole rings is 1. The number of benzene rings is 2. The number of hydrogen-bond donors (Lipinski definition) is 1. The van der Waals surface area contributed by atoms with Crippen molar-refractivity contribution in [3.8, 4) is 10.9 Å². The van der Waals surface area contributed by atoms with Gasteiger partial charge in [-0.05, 0) is 55.5 Å². The van der Waals surface area contributed by atoms with E-state index >= 15 is 0 Å². The Balaban J connectivity index is 1.22. The molecule has 6 nitrogen and oxygen atoms in total. The van der Waals surface area contributed by atoms with Gasteiger partial charge < -0.3 is 4.74 Å². The van der Waals surface area contributed by atoms with Gasteiger partial charge >= 0.3 is 0 Å². The summed E-state index contributed by atoms with van der Waals surface area (Å²) in [6, 6.07) is 13.4. The average molecular weight is 462 g/mol. The van der Waals surface area contributed by atoms with Gasteiger partial charge in [-0.15, -0.1) is 0 Å². The minimum absolute atomic E-state index is 0.0433. The van der Waals surface area contributed by atoms with Gasteiger partial charge in [0.1, 0.15) is 11.6 Å². The zero-order chi connectivity index (χ0) is 21.6. The molecule has 3 heterocycles. The molecule has 2 aliphatic heterocycles. The van der Waals surface area contributed by atoms with Crippen molar-refractivity contribution < 1.29 is 17.5 Å². The second-order valence-corrected chi connectivity index (χ2v) is 11.2. The molecule has 5 rings (SSSR count). The Bertz CT molecular complexity index is 1180. The summed E-state index contributed by atoms with van der Waals surface area (Å²) in [6.45, 7) is 0.849. The first-order valence-electron chi connectivity index (χ1n) is 10.4. The van der Waals surface area contributed by atoms with Crippen LogP contribution in [-0.2, 0) is 16.6 Å². The molecule has 2 bridgehead atoms. The Kier molecular flexibility index (Phi) is 5.45. The van der Waals surface area contributed by atoms with Crippen LogP contribution in [0.2, 0.25) is 0 Å². The molecule has 0 radical (unpaired) electrons. The summed E-state index contributed by atoms with van der Waals surface area (Å²) < 4.78 is 46.1. The fraction of sp³-hybridized carbons (Fsp3) is 0.409. The lowest BCUT2D eigenvalue weighted by atomic mass is 9.97. The summed E-state index contributed by atoms with van der Waals surface area (Å²) in [7, 11) is -3.17. The molecule has 2 aromatic carbocycles. The van der Waals surface area contributed by atoms with E-state index in [1.165, 1.54) is 35.3 Å². The number of rotatable bonds is 6. The van der Waals surface area contributed by atoms with E-state index in [2.05, 4.69) is 26.7 Å². The van der Waals surface area contributed by atoms with E-state index in [1.54, 1.807) is 6.07 Å². The lowest BCUT2D eigenvalue weighted by molar-refractivity contribution is 0.116. The highest BCUT2D eigenvalue weighted by Crippen LogP contribution is 2.37. The zero-order valence-electron chi connectivity index (χ0n) is 17.1. The summed E-state index contributed by atoms with van der Waals surface area (Å²) in [5, 5.41) is 0.492. The molecular weight excluding hydrogens is 437 g/mol. The van der Waals surface area contributed by atoms with Crippen LogP contribution in [0.3, 0.4) is 0 Å². The molecule has 1 N–H and O–H groups in total. The van der Waals surface area contributed by atoms with Gasteiger partial charge in [0.2, 0.25) is 10.0 Å². The maximum atomic E-state index is 13.4. The number of aromatic nitrogens is 1. The molecule has 2 aliphatic rings. The van der Waals surface area contributed by atoms with Crippen molar-refractivity contribution in [1.29, 1.82) is 0 Å². The Morgan fingerprint density at radius 2 is 1.87 bits per heavy atom. The van der Waals surface area contributed by atoms with Crippen LogP contribution in [0, 0.1) is 5.82 Å². The topological polar surface area (TPSA) is 71.5 Å². The molecule has 0 amide bonds. The second-order valence-electron chi connectivity index (χ2n) is 8.45. The maximum Gasteiger partial charge on any atom is 0.279 e. The van der Waals surface area contributed by atoms with E-state index in [0.29, 0.717) is 28.5 Å². The Morgan fingerprint density at radius 1 is 1.16 bits per heavy atom. The van der Waals surface area contributed by atoms with E-state index < -0.39 is 10.0 Å². The monoisotopic (exact) mass is 461 g/mol. The predicted octanol–water partition coefficient (Wildman–Crippen LogP) is 4.27. The molecule has 164 valence electrons. The first kappa shape index (κ1) is 20.8. The smallest absolute Gasteiger partial charge is 0.279 e. The van der Waals surface area contributed by atoms with Gasteiger partial charge in [-0.25, -0.2) is 22.5 Å². The molecule has 2 atom stereocenters. The van der Waals surface area contributed by atoms with Gasteiger partial charge in [-0.2, -0.15) is 0 Å². The van der Waals surface area contributed by atoms with Crippen molar-refractivity contribution >= 4 is 31.6 Å². The van der Waals surface area contributed by atoms with Crippen molar-refractivity contribution in [3.05, 3.63) is 53.8 Å². The quantitative estimate of drug-likeness (QED) is 0.594. The van der Waals surface area contributed by atoms with Crippen LogP contribution in [-0.4, -0.2) is 42.7 Å². The summed E-state index contributed by atoms with van der Waals surface area (Å²) in [4.78, 5) is 6.86. The summed E-state index contributed by atoms with van der Waals surface area (Å²) in [6.07, 6.45) is 5.20. The number of halogens is 1. The molecule has 0 saturated carbocycles. The molecule has 31 heavy (non-hydrogen) atoms. The molecule has 0 unspecified atom stereocenters. The van der Waals surface area contributed by atoms with Crippen LogP contribution in [0.5, 0.6) is 10.9 Å². The number of ether oxygens (including phenoxy) is 1. The number of nitrogens with one attached hydrogen (secondary N) is 1. The third-order valence-corrected chi connectivity index (χ3v) is 7.76. The van der Waals surface area contributed by atoms with Crippen LogP contribution >= 0.6 is 11.3 Å². The minimum atomic E-state index is -3.17. The highest BCUT2D eigenvalue weighted by atomic mass is 32.2. The molecule has 9 heteroatoms. The Hall–Kier alpha value is -2.07. The minimum Gasteiger partial charge on any atom is -0.431 e. The van der Waals surface area contributed by atoms with Gasteiger partial charge in [0, 0.05) is 30.7 Å². The first-order chi connectivity index (χ1) is 14.8. The first-order valence-corrected chi connectivity index (χ1v) is 13.1.